The van der Waals surface area contributed by atoms with Crippen molar-refractivity contribution in [2.24, 2.45) is 5.92 Å². The molecule has 1 heteroatoms. The van der Waals surface area contributed by atoms with E-state index in [9.17, 15) is 0 Å². The van der Waals surface area contributed by atoms with E-state index >= 15 is 0 Å². The molecule has 0 saturated carbocycles. The van der Waals surface area contributed by atoms with Gasteiger partial charge in [0.15, 0.2) is 0 Å². The van der Waals surface area contributed by atoms with Gasteiger partial charge in [0.1, 0.15) is 0 Å². The number of hydrogen-bond donors (Lipinski definition) is 0. The molecular formula is C30H45N. The summed E-state index contributed by atoms with van der Waals surface area (Å²) in [6.45, 7) is 27.3. The zero-order valence-corrected chi connectivity index (χ0v) is 20.9. The standard InChI is InChI=1S/C30H45N/c1-9-24(7)21-31-17-15-27(16-18-31)29-13-14-30(26(10-2)20-29)25(8)19-28(23(5)6)12-11-22(3)4/h9,13-14,20,27-28H,3,5,8,10-12,15-19,21H2,1-2,4,6-7H3/b24-9+. The number of nitrogens with zero attached hydrogens (tertiary/aromatic N) is 1. The van der Waals surface area contributed by atoms with Gasteiger partial charge in [-0.05, 0) is 113 Å². The van der Waals surface area contributed by atoms with Crippen molar-refractivity contribution in [3.8, 4) is 0 Å². The fraction of sp³-hybridized carbons (Fsp3) is 0.533. The number of benzene rings is 1. The number of likely N-dealkylation sites (tertiary alicyclic amines) is 1. The van der Waals surface area contributed by atoms with Crippen LogP contribution in [0, 0.1) is 5.92 Å². The quantitative estimate of drug-likeness (QED) is 0.326. The lowest BCUT2D eigenvalue weighted by Crippen LogP contribution is -2.34. The van der Waals surface area contributed by atoms with E-state index in [2.05, 4.69) is 83.5 Å². The van der Waals surface area contributed by atoms with Crippen LogP contribution in [-0.4, -0.2) is 24.5 Å². The number of rotatable bonds is 11. The van der Waals surface area contributed by atoms with E-state index < -0.39 is 0 Å². The van der Waals surface area contributed by atoms with E-state index in [4.69, 9.17) is 0 Å². The minimum Gasteiger partial charge on any atom is -0.299 e. The molecule has 0 spiro atoms. The highest BCUT2D eigenvalue weighted by Gasteiger charge is 2.22. The van der Waals surface area contributed by atoms with Crippen molar-refractivity contribution in [2.45, 2.75) is 79.1 Å². The van der Waals surface area contributed by atoms with Gasteiger partial charge in [-0.1, -0.05) is 61.1 Å². The number of piperidine rings is 1. The van der Waals surface area contributed by atoms with Gasteiger partial charge in [0, 0.05) is 6.54 Å². The van der Waals surface area contributed by atoms with Crippen molar-refractivity contribution in [1.82, 2.24) is 4.90 Å². The van der Waals surface area contributed by atoms with Gasteiger partial charge in [-0.25, -0.2) is 0 Å². The van der Waals surface area contributed by atoms with E-state index in [0.29, 0.717) is 11.8 Å². The zero-order valence-electron chi connectivity index (χ0n) is 20.9. The minimum absolute atomic E-state index is 0.485. The topological polar surface area (TPSA) is 3.24 Å². The van der Waals surface area contributed by atoms with Crippen molar-refractivity contribution in [2.75, 3.05) is 19.6 Å². The highest BCUT2D eigenvalue weighted by Crippen LogP contribution is 2.34. The third-order valence-corrected chi connectivity index (χ3v) is 7.03. The Morgan fingerprint density at radius 3 is 2.35 bits per heavy atom. The molecule has 1 unspecified atom stereocenters. The van der Waals surface area contributed by atoms with Crippen molar-refractivity contribution in [3.05, 3.63) is 77.4 Å². The van der Waals surface area contributed by atoms with E-state index in [1.807, 2.05) is 0 Å². The highest BCUT2D eigenvalue weighted by atomic mass is 15.1. The monoisotopic (exact) mass is 419 g/mol. The summed E-state index contributed by atoms with van der Waals surface area (Å²) in [6, 6.07) is 7.20. The Labute approximate surface area is 192 Å². The second kappa shape index (κ2) is 12.2. The molecule has 0 radical (unpaired) electrons. The molecule has 1 saturated heterocycles. The smallest absolute Gasteiger partial charge is 0.0189 e. The van der Waals surface area contributed by atoms with Crippen LogP contribution in [0.4, 0.5) is 0 Å². The van der Waals surface area contributed by atoms with Crippen LogP contribution in [0.1, 0.15) is 89.3 Å². The van der Waals surface area contributed by atoms with Crippen molar-refractivity contribution in [3.63, 3.8) is 0 Å². The average Bonchev–Trinajstić information content (AvgIpc) is 2.76. The summed E-state index contributed by atoms with van der Waals surface area (Å²) >= 11 is 0. The van der Waals surface area contributed by atoms with Gasteiger partial charge in [0.05, 0.1) is 0 Å². The van der Waals surface area contributed by atoms with Crippen LogP contribution in [0.5, 0.6) is 0 Å². The van der Waals surface area contributed by atoms with Gasteiger partial charge in [-0.3, -0.25) is 4.90 Å². The minimum atomic E-state index is 0.485. The third-order valence-electron chi connectivity index (χ3n) is 7.03. The molecule has 1 aromatic rings. The molecule has 1 aliphatic heterocycles. The third kappa shape index (κ3) is 7.65. The molecule has 0 bridgehead atoms. The summed E-state index contributed by atoms with van der Waals surface area (Å²) in [5.74, 6) is 1.17. The first-order valence-corrected chi connectivity index (χ1v) is 12.2. The van der Waals surface area contributed by atoms with E-state index in [1.54, 1.807) is 0 Å². The van der Waals surface area contributed by atoms with Gasteiger partial charge in [0.2, 0.25) is 0 Å². The van der Waals surface area contributed by atoms with E-state index in [-0.39, 0.29) is 0 Å². The van der Waals surface area contributed by atoms with Crippen LogP contribution < -0.4 is 0 Å². The molecule has 1 aliphatic rings. The summed E-state index contributed by atoms with van der Waals surface area (Å²) in [5, 5.41) is 0. The van der Waals surface area contributed by atoms with Crippen LogP contribution >= 0.6 is 0 Å². The maximum Gasteiger partial charge on any atom is 0.0189 e. The molecule has 31 heavy (non-hydrogen) atoms. The SMILES string of the molecule is C=C(C)CCC(CC(=C)c1ccc(C2CCN(C/C(C)=C/C)CC2)cc1CC)C(=C)C. The summed E-state index contributed by atoms with van der Waals surface area (Å²) in [7, 11) is 0. The second-order valence-corrected chi connectivity index (χ2v) is 9.80. The first-order valence-electron chi connectivity index (χ1n) is 12.2. The summed E-state index contributed by atoms with van der Waals surface area (Å²) in [6.07, 6.45) is 9.01. The highest BCUT2D eigenvalue weighted by molar-refractivity contribution is 5.67. The van der Waals surface area contributed by atoms with Crippen LogP contribution in [0.3, 0.4) is 0 Å². The Hall–Kier alpha value is -1.86. The van der Waals surface area contributed by atoms with E-state index in [1.165, 1.54) is 64.9 Å². The fourth-order valence-electron chi connectivity index (χ4n) is 4.72. The lowest BCUT2D eigenvalue weighted by Gasteiger charge is -2.32. The Balaban J connectivity index is 2.06. The first kappa shape index (κ1) is 25.4. The number of hydrogen-bond acceptors (Lipinski definition) is 1. The zero-order chi connectivity index (χ0) is 23.0. The molecule has 0 aromatic heterocycles. The second-order valence-electron chi connectivity index (χ2n) is 9.80. The predicted molar refractivity (Wildman–Crippen MR) is 140 cm³/mol. The van der Waals surface area contributed by atoms with Gasteiger partial charge in [-0.15, -0.1) is 6.58 Å². The maximum atomic E-state index is 4.50. The molecule has 1 heterocycles. The van der Waals surface area contributed by atoms with Gasteiger partial charge >= 0.3 is 0 Å². The van der Waals surface area contributed by atoms with Crippen LogP contribution in [0.2, 0.25) is 0 Å². The lowest BCUT2D eigenvalue weighted by molar-refractivity contribution is 0.228. The molecule has 2 rings (SSSR count). The fourth-order valence-corrected chi connectivity index (χ4v) is 4.72. The molecule has 1 atom stereocenters. The largest absolute Gasteiger partial charge is 0.299 e. The Morgan fingerprint density at radius 1 is 1.13 bits per heavy atom. The van der Waals surface area contributed by atoms with Gasteiger partial charge < -0.3 is 0 Å². The molecule has 0 aliphatic carbocycles. The van der Waals surface area contributed by atoms with Crippen molar-refractivity contribution >= 4 is 5.57 Å². The molecule has 0 N–H and O–H groups in total. The maximum absolute atomic E-state index is 4.50. The number of aryl methyl sites for hydroxylation is 1. The molecule has 1 nitrogen and oxygen atoms in total. The Kier molecular flexibility index (Phi) is 10.0. The number of allylic oxidation sites excluding steroid dienone is 4. The van der Waals surface area contributed by atoms with E-state index in [0.717, 1.165) is 32.2 Å². The van der Waals surface area contributed by atoms with Crippen molar-refractivity contribution < 1.29 is 0 Å². The van der Waals surface area contributed by atoms with Crippen LogP contribution in [0.15, 0.2) is 60.7 Å². The van der Waals surface area contributed by atoms with Crippen molar-refractivity contribution in [1.29, 1.82) is 0 Å². The average molecular weight is 420 g/mol. The lowest BCUT2D eigenvalue weighted by atomic mass is 9.83. The molecule has 170 valence electrons. The summed E-state index contributed by atoms with van der Waals surface area (Å²) in [4.78, 5) is 2.60. The Bertz CT molecular complexity index is 802. The molecule has 1 fully saturated rings. The molecule has 0 amide bonds. The predicted octanol–water partition coefficient (Wildman–Crippen LogP) is 8.35. The van der Waals surface area contributed by atoms with Crippen LogP contribution in [0.25, 0.3) is 5.57 Å². The normalized spacial score (nSPS) is 16.9. The van der Waals surface area contributed by atoms with Crippen LogP contribution in [-0.2, 0) is 6.42 Å². The Morgan fingerprint density at radius 2 is 1.81 bits per heavy atom. The first-order chi connectivity index (χ1) is 14.7. The van der Waals surface area contributed by atoms with Gasteiger partial charge in [0.25, 0.3) is 0 Å². The summed E-state index contributed by atoms with van der Waals surface area (Å²) < 4.78 is 0. The molecular weight excluding hydrogens is 374 g/mol. The molecule has 1 aromatic carbocycles. The summed E-state index contributed by atoms with van der Waals surface area (Å²) in [5.41, 5.74) is 9.58. The van der Waals surface area contributed by atoms with Gasteiger partial charge in [-0.2, -0.15) is 0 Å².